The lowest BCUT2D eigenvalue weighted by Gasteiger charge is -2.20. The van der Waals surface area contributed by atoms with E-state index >= 15 is 0 Å². The second kappa shape index (κ2) is 6.14. The second-order valence-corrected chi connectivity index (χ2v) is 4.83. The zero-order valence-corrected chi connectivity index (χ0v) is 11.2. The average molecular weight is 280 g/mol. The lowest BCUT2D eigenvalue weighted by molar-refractivity contribution is 0.508. The fraction of sp³-hybridized carbons (Fsp3) is 0.143. The zero-order chi connectivity index (χ0) is 13.8. The zero-order valence-electron chi connectivity index (χ0n) is 10.4. The van der Waals surface area contributed by atoms with Crippen LogP contribution in [0.3, 0.4) is 0 Å². The third-order valence-electron chi connectivity index (χ3n) is 2.90. The number of nitrogens with two attached hydrogens (primary N) is 1. The van der Waals surface area contributed by atoms with E-state index in [9.17, 15) is 8.78 Å². The van der Waals surface area contributed by atoms with Crippen LogP contribution in [0.2, 0.25) is 0 Å². The molecule has 1 atom stereocenters. The monoisotopic (exact) mass is 280 g/mol. The van der Waals surface area contributed by atoms with Gasteiger partial charge in [0, 0.05) is 10.5 Å². The summed E-state index contributed by atoms with van der Waals surface area (Å²) in [6.07, 6.45) is 1.91. The van der Waals surface area contributed by atoms with Crippen molar-refractivity contribution in [2.45, 2.75) is 10.9 Å². The number of hydrogen-bond donors (Lipinski definition) is 2. The lowest BCUT2D eigenvalue weighted by Crippen LogP contribution is -2.30. The number of rotatable bonds is 4. The van der Waals surface area contributed by atoms with Gasteiger partial charge in [-0.05, 0) is 30.0 Å². The number of halogens is 2. The van der Waals surface area contributed by atoms with Gasteiger partial charge in [0.1, 0.15) is 11.6 Å². The Hall–Kier alpha value is -1.43. The van der Waals surface area contributed by atoms with Crippen molar-refractivity contribution in [1.29, 1.82) is 0 Å². The van der Waals surface area contributed by atoms with Crippen LogP contribution < -0.4 is 11.3 Å². The van der Waals surface area contributed by atoms with Crippen molar-refractivity contribution in [3.05, 3.63) is 65.2 Å². The lowest BCUT2D eigenvalue weighted by atomic mass is 9.98. The van der Waals surface area contributed by atoms with Crippen molar-refractivity contribution in [2.24, 2.45) is 5.84 Å². The number of benzene rings is 2. The highest BCUT2D eigenvalue weighted by atomic mass is 32.2. The third-order valence-corrected chi connectivity index (χ3v) is 3.72. The molecule has 0 heterocycles. The SMILES string of the molecule is CSc1ccccc1C(NN)c1c(F)cccc1F. The van der Waals surface area contributed by atoms with Gasteiger partial charge >= 0.3 is 0 Å². The Morgan fingerprint density at radius 3 is 2.26 bits per heavy atom. The van der Waals surface area contributed by atoms with Crippen LogP contribution in [0.1, 0.15) is 17.2 Å². The highest BCUT2D eigenvalue weighted by molar-refractivity contribution is 7.98. The van der Waals surface area contributed by atoms with E-state index in [2.05, 4.69) is 5.43 Å². The molecule has 0 fully saturated rings. The second-order valence-electron chi connectivity index (χ2n) is 3.98. The first-order valence-electron chi connectivity index (χ1n) is 5.72. The normalized spacial score (nSPS) is 12.4. The van der Waals surface area contributed by atoms with Crippen LogP contribution in [0.4, 0.5) is 8.78 Å². The Morgan fingerprint density at radius 2 is 1.68 bits per heavy atom. The van der Waals surface area contributed by atoms with Gasteiger partial charge in [0.05, 0.1) is 6.04 Å². The molecule has 0 radical (unpaired) electrons. The van der Waals surface area contributed by atoms with Crippen LogP contribution in [0, 0.1) is 11.6 Å². The summed E-state index contributed by atoms with van der Waals surface area (Å²) in [6.45, 7) is 0. The molecule has 0 aliphatic heterocycles. The van der Waals surface area contributed by atoms with Crippen LogP contribution in [-0.2, 0) is 0 Å². The maximum Gasteiger partial charge on any atom is 0.131 e. The van der Waals surface area contributed by atoms with Crippen molar-refractivity contribution in [1.82, 2.24) is 5.43 Å². The van der Waals surface area contributed by atoms with Crippen molar-refractivity contribution < 1.29 is 8.78 Å². The third kappa shape index (κ3) is 2.78. The van der Waals surface area contributed by atoms with Gasteiger partial charge in [-0.1, -0.05) is 24.3 Å². The molecule has 5 heteroatoms. The minimum absolute atomic E-state index is 0.0634. The van der Waals surface area contributed by atoms with Gasteiger partial charge in [0.15, 0.2) is 0 Å². The van der Waals surface area contributed by atoms with Crippen LogP contribution in [0.5, 0.6) is 0 Å². The molecular formula is C14H14F2N2S. The predicted molar refractivity (Wildman–Crippen MR) is 73.7 cm³/mol. The van der Waals surface area contributed by atoms with E-state index in [1.807, 2.05) is 30.5 Å². The van der Waals surface area contributed by atoms with E-state index in [1.54, 1.807) is 0 Å². The Bertz CT molecular complexity index is 555. The first-order chi connectivity index (χ1) is 9.19. The molecule has 2 aromatic rings. The summed E-state index contributed by atoms with van der Waals surface area (Å²) in [5, 5.41) is 0. The molecule has 2 aromatic carbocycles. The molecule has 0 bridgehead atoms. The molecule has 100 valence electrons. The molecule has 2 rings (SSSR count). The molecule has 0 amide bonds. The molecule has 0 aliphatic rings. The highest BCUT2D eigenvalue weighted by Crippen LogP contribution is 2.32. The van der Waals surface area contributed by atoms with Crippen molar-refractivity contribution in [2.75, 3.05) is 6.26 Å². The molecule has 0 aliphatic carbocycles. The number of nitrogens with one attached hydrogen (secondary N) is 1. The van der Waals surface area contributed by atoms with Crippen LogP contribution in [0.15, 0.2) is 47.4 Å². The van der Waals surface area contributed by atoms with Gasteiger partial charge in [-0.3, -0.25) is 5.84 Å². The van der Waals surface area contributed by atoms with Crippen molar-refractivity contribution >= 4 is 11.8 Å². The van der Waals surface area contributed by atoms with Gasteiger partial charge in [-0.25, -0.2) is 14.2 Å². The van der Waals surface area contributed by atoms with E-state index < -0.39 is 17.7 Å². The molecule has 0 saturated heterocycles. The summed E-state index contributed by atoms with van der Waals surface area (Å²) >= 11 is 1.51. The Kier molecular flexibility index (Phi) is 4.52. The van der Waals surface area contributed by atoms with Gasteiger partial charge in [-0.15, -0.1) is 11.8 Å². The highest BCUT2D eigenvalue weighted by Gasteiger charge is 2.22. The molecule has 0 spiro atoms. The van der Waals surface area contributed by atoms with Crippen LogP contribution in [-0.4, -0.2) is 6.26 Å². The minimum Gasteiger partial charge on any atom is -0.271 e. The van der Waals surface area contributed by atoms with Crippen molar-refractivity contribution in [3.8, 4) is 0 Å². The summed E-state index contributed by atoms with van der Waals surface area (Å²) in [4.78, 5) is 0.924. The Morgan fingerprint density at radius 1 is 1.05 bits per heavy atom. The van der Waals surface area contributed by atoms with E-state index in [1.165, 1.54) is 30.0 Å². The smallest absolute Gasteiger partial charge is 0.131 e. The Balaban J connectivity index is 2.57. The van der Waals surface area contributed by atoms with Gasteiger partial charge in [-0.2, -0.15) is 0 Å². The summed E-state index contributed by atoms with van der Waals surface area (Å²) in [5.74, 6) is 4.28. The van der Waals surface area contributed by atoms with E-state index in [0.717, 1.165) is 10.5 Å². The fourth-order valence-electron chi connectivity index (χ4n) is 2.02. The predicted octanol–water partition coefficient (Wildman–Crippen LogP) is 3.24. The topological polar surface area (TPSA) is 38.0 Å². The van der Waals surface area contributed by atoms with Gasteiger partial charge < -0.3 is 0 Å². The maximum atomic E-state index is 13.9. The number of hydrazine groups is 1. The maximum absolute atomic E-state index is 13.9. The standard InChI is InChI=1S/C14H14F2N2S/c1-19-12-8-3-2-5-9(12)14(18-17)13-10(15)6-4-7-11(13)16/h2-8,14,18H,17H2,1H3. The molecule has 2 nitrogen and oxygen atoms in total. The summed E-state index contributed by atoms with van der Waals surface area (Å²) < 4.78 is 27.7. The summed E-state index contributed by atoms with van der Waals surface area (Å²) in [7, 11) is 0. The first kappa shape index (κ1) is 14.0. The molecular weight excluding hydrogens is 266 g/mol. The number of hydrogen-bond acceptors (Lipinski definition) is 3. The quantitative estimate of drug-likeness (QED) is 0.513. The van der Waals surface area contributed by atoms with Crippen molar-refractivity contribution in [3.63, 3.8) is 0 Å². The van der Waals surface area contributed by atoms with E-state index in [0.29, 0.717) is 0 Å². The summed E-state index contributed by atoms with van der Waals surface area (Å²) in [6, 6.07) is 10.5. The molecule has 19 heavy (non-hydrogen) atoms. The van der Waals surface area contributed by atoms with E-state index in [-0.39, 0.29) is 5.56 Å². The largest absolute Gasteiger partial charge is 0.271 e. The Labute approximate surface area is 115 Å². The van der Waals surface area contributed by atoms with E-state index in [4.69, 9.17) is 5.84 Å². The molecule has 3 N–H and O–H groups in total. The molecule has 1 unspecified atom stereocenters. The fourth-order valence-corrected chi connectivity index (χ4v) is 2.66. The number of thioether (sulfide) groups is 1. The summed E-state index contributed by atoms with van der Waals surface area (Å²) in [5.41, 5.74) is 3.19. The van der Waals surface area contributed by atoms with Gasteiger partial charge in [0.25, 0.3) is 0 Å². The van der Waals surface area contributed by atoms with Gasteiger partial charge in [0.2, 0.25) is 0 Å². The average Bonchev–Trinajstić information content (AvgIpc) is 2.43. The van der Waals surface area contributed by atoms with Crippen LogP contribution in [0.25, 0.3) is 0 Å². The minimum atomic E-state index is -0.718. The molecule has 0 saturated carbocycles. The molecule has 0 aromatic heterocycles. The first-order valence-corrected chi connectivity index (χ1v) is 6.94. The van der Waals surface area contributed by atoms with Crippen LogP contribution >= 0.6 is 11.8 Å².